The highest BCUT2D eigenvalue weighted by Gasteiger charge is 2.55. The van der Waals surface area contributed by atoms with Crippen molar-refractivity contribution >= 4 is 13.9 Å². The molecule has 0 bridgehead atoms. The van der Waals surface area contributed by atoms with Crippen LogP contribution in [0.1, 0.15) is 12.8 Å². The number of carbonyl (C=O) groups is 1. The summed E-state index contributed by atoms with van der Waals surface area (Å²) in [7, 11) is -2.43. The third-order valence-corrected chi connectivity index (χ3v) is 4.52. The van der Waals surface area contributed by atoms with Gasteiger partial charge in [-0.15, -0.1) is 0 Å². The molecule has 1 saturated carbocycles. The van der Waals surface area contributed by atoms with Crippen molar-refractivity contribution in [2.24, 2.45) is 5.73 Å². The van der Waals surface area contributed by atoms with Gasteiger partial charge in [0.05, 0.1) is 0 Å². The van der Waals surface area contributed by atoms with E-state index in [2.05, 4.69) is 0 Å². The van der Waals surface area contributed by atoms with Crippen LogP contribution in [0.5, 0.6) is 5.75 Å². The normalized spacial score (nSPS) is 19.2. The van der Waals surface area contributed by atoms with Crippen molar-refractivity contribution in [3.8, 4) is 5.75 Å². The van der Waals surface area contributed by atoms with Crippen molar-refractivity contribution in [2.75, 3.05) is 0 Å². The van der Waals surface area contributed by atoms with Crippen molar-refractivity contribution in [1.82, 2.24) is 0 Å². The minimum Gasteiger partial charge on any atom is -0.444 e. The molecule has 1 unspecified atom stereocenters. The lowest BCUT2D eigenvalue weighted by Gasteiger charge is -2.12. The molecule has 80 valence electrons. The van der Waals surface area contributed by atoms with Crippen LogP contribution in [0, 0.1) is 0 Å². The number of benzene rings is 1. The molecule has 1 aliphatic rings. The lowest BCUT2D eigenvalue weighted by Crippen LogP contribution is -2.28. The fourth-order valence-corrected chi connectivity index (χ4v) is 2.65. The average Bonchev–Trinajstić information content (AvgIpc) is 2.99. The van der Waals surface area contributed by atoms with Crippen LogP contribution in [0.3, 0.4) is 0 Å². The smallest absolute Gasteiger partial charge is 0.251 e. The van der Waals surface area contributed by atoms with E-state index in [4.69, 9.17) is 10.3 Å². The number of rotatable bonds is 4. The zero-order valence-corrected chi connectivity index (χ0v) is 9.10. The second kappa shape index (κ2) is 3.70. The quantitative estimate of drug-likeness (QED) is 0.790. The molecule has 1 amide bonds. The molecule has 0 saturated heterocycles. The summed E-state index contributed by atoms with van der Waals surface area (Å²) >= 11 is 0. The molecular formula is C10H12NO3P. The largest absolute Gasteiger partial charge is 0.444 e. The van der Waals surface area contributed by atoms with Gasteiger partial charge in [-0.1, -0.05) is 18.2 Å². The van der Waals surface area contributed by atoms with Gasteiger partial charge in [0, 0.05) is 0 Å². The number of hydrogen-bond donors (Lipinski definition) is 1. The highest BCUT2D eigenvalue weighted by atomic mass is 31.1. The minimum absolute atomic E-state index is 0.512. The van der Waals surface area contributed by atoms with E-state index in [9.17, 15) is 9.36 Å². The molecule has 1 aromatic carbocycles. The van der Waals surface area contributed by atoms with Crippen molar-refractivity contribution in [3.63, 3.8) is 0 Å². The van der Waals surface area contributed by atoms with E-state index in [-0.39, 0.29) is 0 Å². The van der Waals surface area contributed by atoms with Crippen LogP contribution in [0.4, 0.5) is 0 Å². The van der Waals surface area contributed by atoms with Crippen LogP contribution < -0.4 is 10.3 Å². The molecule has 0 aromatic heterocycles. The summed E-state index contributed by atoms with van der Waals surface area (Å²) in [5.74, 6) is 0.0104. The van der Waals surface area contributed by atoms with Gasteiger partial charge in [-0.2, -0.15) is 0 Å². The number of nitrogens with two attached hydrogens (primary N) is 1. The molecule has 0 spiro atoms. The first-order valence-electron chi connectivity index (χ1n) is 4.72. The average molecular weight is 225 g/mol. The minimum atomic E-state index is -2.43. The molecule has 15 heavy (non-hydrogen) atoms. The Morgan fingerprint density at radius 1 is 1.33 bits per heavy atom. The highest BCUT2D eigenvalue weighted by Crippen LogP contribution is 2.57. The fourth-order valence-electron chi connectivity index (χ4n) is 1.37. The second-order valence-electron chi connectivity index (χ2n) is 3.65. The lowest BCUT2D eigenvalue weighted by atomic mass is 10.3. The summed E-state index contributed by atoms with van der Waals surface area (Å²) in [6, 6.07) is 8.83. The van der Waals surface area contributed by atoms with E-state index in [0.717, 1.165) is 0 Å². The monoisotopic (exact) mass is 225 g/mol. The van der Waals surface area contributed by atoms with E-state index in [1.807, 2.05) is 6.07 Å². The Morgan fingerprint density at radius 3 is 2.40 bits per heavy atom. The van der Waals surface area contributed by atoms with Gasteiger partial charge in [-0.05, 0) is 25.0 Å². The third-order valence-electron chi connectivity index (χ3n) is 2.57. The first-order chi connectivity index (χ1) is 7.15. The van der Waals surface area contributed by atoms with Gasteiger partial charge in [-0.25, -0.2) is 0 Å². The molecule has 5 heteroatoms. The van der Waals surface area contributed by atoms with Gasteiger partial charge < -0.3 is 10.3 Å². The van der Waals surface area contributed by atoms with Gasteiger partial charge >= 0.3 is 0 Å². The van der Waals surface area contributed by atoms with Crippen LogP contribution in [-0.4, -0.2) is 11.1 Å². The molecule has 1 fully saturated rings. The molecule has 0 aliphatic heterocycles. The van der Waals surface area contributed by atoms with Gasteiger partial charge in [0.1, 0.15) is 10.9 Å². The Bertz CT molecular complexity index is 400. The number of amides is 1. The molecule has 1 atom stereocenters. The molecule has 0 heterocycles. The van der Waals surface area contributed by atoms with Gasteiger partial charge in [0.2, 0.25) is 5.91 Å². The molecule has 2 rings (SSSR count). The third kappa shape index (κ3) is 1.90. The molecule has 1 aromatic rings. The summed E-state index contributed by atoms with van der Waals surface area (Å²) in [6.07, 6.45) is 1.15. The Balaban J connectivity index is 2.08. The van der Waals surface area contributed by atoms with Crippen molar-refractivity contribution < 1.29 is 13.9 Å². The van der Waals surface area contributed by atoms with E-state index >= 15 is 0 Å². The van der Waals surface area contributed by atoms with E-state index < -0.39 is 19.1 Å². The molecular weight excluding hydrogens is 213 g/mol. The SMILES string of the molecule is NC(=O)C1([PH](=O)Oc2ccccc2)CC1. The van der Waals surface area contributed by atoms with Gasteiger partial charge in [-0.3, -0.25) is 9.36 Å². The van der Waals surface area contributed by atoms with Crippen LogP contribution in [-0.2, 0) is 9.36 Å². The van der Waals surface area contributed by atoms with Crippen molar-refractivity contribution in [1.29, 1.82) is 0 Å². The summed E-state index contributed by atoms with van der Waals surface area (Å²) in [6.45, 7) is 0. The number of hydrogen-bond acceptors (Lipinski definition) is 3. The molecule has 4 nitrogen and oxygen atoms in total. The predicted molar refractivity (Wildman–Crippen MR) is 57.2 cm³/mol. The van der Waals surface area contributed by atoms with E-state index in [1.165, 1.54) is 0 Å². The van der Waals surface area contributed by atoms with Crippen LogP contribution >= 0.6 is 8.03 Å². The lowest BCUT2D eigenvalue weighted by molar-refractivity contribution is -0.118. The Morgan fingerprint density at radius 2 is 1.93 bits per heavy atom. The first kappa shape index (κ1) is 10.2. The highest BCUT2D eigenvalue weighted by molar-refractivity contribution is 7.43. The number of carbonyl (C=O) groups excluding carboxylic acids is 1. The summed E-state index contributed by atoms with van der Waals surface area (Å²) < 4.78 is 17.0. The van der Waals surface area contributed by atoms with Gasteiger partial charge in [0.15, 0.2) is 0 Å². The number of para-hydroxylation sites is 1. The topological polar surface area (TPSA) is 69.4 Å². The predicted octanol–water partition coefficient (Wildman–Crippen LogP) is 1.56. The van der Waals surface area contributed by atoms with Crippen molar-refractivity contribution in [2.45, 2.75) is 18.0 Å². The zero-order valence-electron chi connectivity index (χ0n) is 8.10. The Hall–Kier alpha value is -1.28. The Labute approximate surface area is 88.3 Å². The Kier molecular flexibility index (Phi) is 2.53. The fraction of sp³-hybridized carbons (Fsp3) is 0.300. The maximum Gasteiger partial charge on any atom is 0.251 e. The van der Waals surface area contributed by atoms with Crippen LogP contribution in [0.2, 0.25) is 0 Å². The number of primary amides is 1. The summed E-state index contributed by atoms with van der Waals surface area (Å²) in [4.78, 5) is 11.1. The second-order valence-corrected chi connectivity index (χ2v) is 5.39. The maximum atomic E-state index is 11.8. The maximum absolute atomic E-state index is 11.8. The molecule has 2 N–H and O–H groups in total. The van der Waals surface area contributed by atoms with Crippen LogP contribution in [0.25, 0.3) is 0 Å². The summed E-state index contributed by atoms with van der Waals surface area (Å²) in [5, 5.41) is -0.874. The van der Waals surface area contributed by atoms with Crippen LogP contribution in [0.15, 0.2) is 30.3 Å². The van der Waals surface area contributed by atoms with Crippen molar-refractivity contribution in [3.05, 3.63) is 30.3 Å². The van der Waals surface area contributed by atoms with E-state index in [0.29, 0.717) is 18.6 Å². The molecule has 0 radical (unpaired) electrons. The molecule has 1 aliphatic carbocycles. The first-order valence-corrected chi connectivity index (χ1v) is 6.04. The zero-order chi connectivity index (χ0) is 10.9. The van der Waals surface area contributed by atoms with Gasteiger partial charge in [0.25, 0.3) is 8.03 Å². The van der Waals surface area contributed by atoms with E-state index in [1.54, 1.807) is 24.3 Å². The standard InChI is InChI=1S/C10H12NO3P/c11-9(12)10(6-7-10)15(13)14-8-4-2-1-3-5-8/h1-5,15H,6-7H2,(H2,11,12). The summed E-state index contributed by atoms with van der Waals surface area (Å²) in [5.41, 5.74) is 5.19.